The molecule has 1 heterocycles. The van der Waals surface area contributed by atoms with E-state index in [0.29, 0.717) is 18.2 Å². The van der Waals surface area contributed by atoms with E-state index in [1.165, 1.54) is 0 Å². The van der Waals surface area contributed by atoms with Gasteiger partial charge in [-0.15, -0.1) is 0 Å². The second-order valence-corrected chi connectivity index (χ2v) is 7.60. The van der Waals surface area contributed by atoms with Gasteiger partial charge in [0.15, 0.2) is 6.10 Å². The zero-order chi connectivity index (χ0) is 24.4. The van der Waals surface area contributed by atoms with Crippen LogP contribution >= 0.6 is 0 Å². The highest BCUT2D eigenvalue weighted by atomic mass is 19.4. The van der Waals surface area contributed by atoms with Crippen LogP contribution in [0.25, 0.3) is 0 Å². The Hall–Kier alpha value is -1.30. The quantitative estimate of drug-likeness (QED) is 0.587. The van der Waals surface area contributed by atoms with Crippen molar-refractivity contribution in [3.8, 4) is 0 Å². The molecule has 0 aliphatic carbocycles. The van der Waals surface area contributed by atoms with Crippen molar-refractivity contribution in [1.82, 2.24) is 0 Å². The fourth-order valence-corrected chi connectivity index (χ4v) is 2.68. The van der Waals surface area contributed by atoms with E-state index in [9.17, 15) is 36.6 Å². The fourth-order valence-electron chi connectivity index (χ4n) is 2.68. The molecule has 2 rings (SSSR count). The Balaban J connectivity index is 2.76. The second-order valence-electron chi connectivity index (χ2n) is 7.60. The Bertz CT molecular complexity index is 825. The summed E-state index contributed by atoms with van der Waals surface area (Å²) in [6, 6.07) is 1.41. The van der Waals surface area contributed by atoms with Crippen LogP contribution in [0.4, 0.5) is 26.3 Å². The molecular formula is C17H21BF6O4. The molecule has 11 heteroatoms. The lowest BCUT2D eigenvalue weighted by Gasteiger charge is -2.36. The number of hydrogen-bond acceptors (Lipinski definition) is 4. The van der Waals surface area contributed by atoms with Crippen LogP contribution in [-0.4, -0.2) is 47.0 Å². The lowest BCUT2D eigenvalue weighted by molar-refractivity contribution is -0.347. The van der Waals surface area contributed by atoms with Crippen molar-refractivity contribution in [3.05, 3.63) is 29.3 Å². The van der Waals surface area contributed by atoms with E-state index < -0.39 is 65.8 Å². The zero-order valence-corrected chi connectivity index (χ0v) is 15.4. The van der Waals surface area contributed by atoms with Gasteiger partial charge in [0.2, 0.25) is 5.60 Å². The third-order valence-electron chi connectivity index (χ3n) is 5.14. The number of halogens is 6. The topological polar surface area (TPSA) is 58.9 Å². The van der Waals surface area contributed by atoms with Crippen molar-refractivity contribution >= 4 is 12.6 Å². The van der Waals surface area contributed by atoms with E-state index in [-0.39, 0.29) is 0 Å². The molecule has 0 radical (unpaired) electrons. The molecule has 0 amide bonds. The van der Waals surface area contributed by atoms with Gasteiger partial charge in [-0.1, -0.05) is 23.8 Å². The van der Waals surface area contributed by atoms with E-state index in [0.717, 1.165) is 0 Å². The molecule has 0 bridgehead atoms. The molecule has 1 fully saturated rings. The Morgan fingerprint density at radius 1 is 1.04 bits per heavy atom. The minimum atomic E-state index is -5.96. The molecule has 0 saturated carbocycles. The van der Waals surface area contributed by atoms with Crippen molar-refractivity contribution in [3.63, 3.8) is 0 Å². The van der Waals surface area contributed by atoms with E-state index in [2.05, 4.69) is 0 Å². The number of aryl methyl sites for hydroxylation is 1. The van der Waals surface area contributed by atoms with Crippen LogP contribution in [0.5, 0.6) is 0 Å². The first kappa shape index (κ1) is 18.7. The summed E-state index contributed by atoms with van der Waals surface area (Å²) in [6.45, 7) is 3.41. The number of aliphatic hydroxyl groups excluding tert-OH is 1. The van der Waals surface area contributed by atoms with E-state index in [1.54, 1.807) is 27.7 Å². The molecule has 158 valence electrons. The predicted octanol–water partition coefficient (Wildman–Crippen LogP) is 2.97. The summed E-state index contributed by atoms with van der Waals surface area (Å²) in [4.78, 5) is 0. The number of alkyl halides is 6. The minimum absolute atomic E-state index is 0.374. The molecular weight excluding hydrogens is 393 g/mol. The molecule has 1 aromatic carbocycles. The zero-order valence-electron chi connectivity index (χ0n) is 18.4. The van der Waals surface area contributed by atoms with Crippen LogP contribution < -0.4 is 5.46 Å². The molecule has 1 aliphatic rings. The van der Waals surface area contributed by atoms with Gasteiger partial charge in [0.1, 0.15) is 0 Å². The molecule has 0 aromatic heterocycles. The van der Waals surface area contributed by atoms with Gasteiger partial charge in [-0.25, -0.2) is 0 Å². The molecule has 2 unspecified atom stereocenters. The number of aliphatic hydroxyl groups is 2. The smallest absolute Gasteiger partial charge is 0.399 e. The summed E-state index contributed by atoms with van der Waals surface area (Å²) >= 11 is 0. The van der Waals surface area contributed by atoms with E-state index in [1.807, 2.05) is 0 Å². The molecule has 1 aromatic rings. The predicted molar refractivity (Wildman–Crippen MR) is 88.9 cm³/mol. The maximum atomic E-state index is 13.6. The maximum absolute atomic E-state index is 13.6. The summed E-state index contributed by atoms with van der Waals surface area (Å²) in [5, 5.41) is 19.4. The van der Waals surface area contributed by atoms with Crippen LogP contribution in [0.1, 0.15) is 42.9 Å². The molecule has 1 saturated heterocycles. The van der Waals surface area contributed by atoms with Gasteiger partial charge >= 0.3 is 19.5 Å². The number of benzene rings is 1. The standard InChI is InChI=1S/C17H21BF6O4/c1-9-6-7-10(15(26,17(22,23)24)12(25)16(19,20)21)8-11(9)18-27-13(2,3)14(4,5)28-18/h6-8,12,25-26H,1-5H3/i1D3. The van der Waals surface area contributed by atoms with Crippen molar-refractivity contribution in [2.24, 2.45) is 0 Å². The van der Waals surface area contributed by atoms with Crippen LogP contribution in [0.2, 0.25) is 0 Å². The van der Waals surface area contributed by atoms with Crippen molar-refractivity contribution in [1.29, 1.82) is 0 Å². The summed E-state index contributed by atoms with van der Waals surface area (Å²) in [5.41, 5.74) is -9.34. The highest BCUT2D eigenvalue weighted by molar-refractivity contribution is 6.62. The molecule has 0 spiro atoms. The minimum Gasteiger partial charge on any atom is -0.399 e. The van der Waals surface area contributed by atoms with Gasteiger partial charge in [0.25, 0.3) is 0 Å². The van der Waals surface area contributed by atoms with Crippen molar-refractivity contribution < 1.29 is 50.0 Å². The average molecular weight is 417 g/mol. The first-order valence-electron chi connectivity index (χ1n) is 9.60. The average Bonchev–Trinajstić information content (AvgIpc) is 2.78. The lowest BCUT2D eigenvalue weighted by Crippen LogP contribution is -2.57. The summed E-state index contributed by atoms with van der Waals surface area (Å²) < 4.78 is 114. The Morgan fingerprint density at radius 3 is 1.93 bits per heavy atom. The van der Waals surface area contributed by atoms with E-state index in [4.69, 9.17) is 13.4 Å². The largest absolute Gasteiger partial charge is 0.495 e. The highest BCUT2D eigenvalue weighted by Crippen LogP contribution is 2.46. The van der Waals surface area contributed by atoms with Crippen molar-refractivity contribution in [2.45, 2.75) is 69.8 Å². The van der Waals surface area contributed by atoms with Gasteiger partial charge in [0, 0.05) is 4.11 Å². The van der Waals surface area contributed by atoms with Crippen LogP contribution in [0, 0.1) is 6.85 Å². The highest BCUT2D eigenvalue weighted by Gasteiger charge is 2.67. The Morgan fingerprint density at radius 2 is 1.54 bits per heavy atom. The number of hydrogen-bond donors (Lipinski definition) is 2. The van der Waals surface area contributed by atoms with Gasteiger partial charge in [-0.3, -0.25) is 0 Å². The third kappa shape index (κ3) is 3.65. The Kier molecular flexibility index (Phi) is 4.42. The van der Waals surface area contributed by atoms with Crippen LogP contribution in [0.3, 0.4) is 0 Å². The molecule has 28 heavy (non-hydrogen) atoms. The van der Waals surface area contributed by atoms with Gasteiger partial charge in [-0.05, 0) is 45.6 Å². The van der Waals surface area contributed by atoms with Crippen LogP contribution in [0.15, 0.2) is 18.2 Å². The molecule has 4 nitrogen and oxygen atoms in total. The monoisotopic (exact) mass is 417 g/mol. The first-order valence-corrected chi connectivity index (χ1v) is 8.10. The van der Waals surface area contributed by atoms with Crippen LogP contribution in [-0.2, 0) is 14.9 Å². The molecule has 2 atom stereocenters. The molecule has 2 N–H and O–H groups in total. The summed E-state index contributed by atoms with van der Waals surface area (Å²) in [6.07, 6.45) is -16.0. The van der Waals surface area contributed by atoms with Gasteiger partial charge in [0.05, 0.1) is 11.2 Å². The second kappa shape index (κ2) is 6.61. The normalized spacial score (nSPS) is 24.9. The Labute approximate surface area is 162 Å². The van der Waals surface area contributed by atoms with E-state index >= 15 is 0 Å². The number of rotatable bonds is 3. The lowest BCUT2D eigenvalue weighted by atomic mass is 9.73. The third-order valence-corrected chi connectivity index (χ3v) is 5.14. The summed E-state index contributed by atoms with van der Waals surface area (Å²) in [7, 11) is -1.55. The SMILES string of the molecule is [2H]C([2H])([2H])c1ccc(C(O)(C(O)C(F)(F)F)C(F)(F)F)cc1B1OC(C)(C)C(C)(C)O1. The van der Waals surface area contributed by atoms with Gasteiger partial charge < -0.3 is 19.5 Å². The maximum Gasteiger partial charge on any atom is 0.495 e. The fraction of sp³-hybridized carbons (Fsp3) is 0.647. The first-order chi connectivity index (χ1) is 13.6. The summed E-state index contributed by atoms with van der Waals surface area (Å²) in [5.74, 6) is 0. The van der Waals surface area contributed by atoms with Gasteiger partial charge in [-0.2, -0.15) is 26.3 Å². The van der Waals surface area contributed by atoms with Crippen molar-refractivity contribution in [2.75, 3.05) is 0 Å². The molecule has 1 aliphatic heterocycles.